The molecule has 5 heteroatoms. The fraction of sp³-hybridized carbons (Fsp3) is 0.833. The topological polar surface area (TPSA) is 98.0 Å². The highest BCUT2D eigenvalue weighted by atomic mass is 16.4. The van der Waals surface area contributed by atoms with Crippen LogP contribution in [0.5, 0.6) is 0 Å². The summed E-state index contributed by atoms with van der Waals surface area (Å²) in [6, 6.07) is 0. The molecule has 0 amide bonds. The first-order valence-corrected chi connectivity index (χ1v) is 8.91. The van der Waals surface area contributed by atoms with Gasteiger partial charge in [-0.1, -0.05) is 57.6 Å². The maximum atomic E-state index is 10.4. The van der Waals surface area contributed by atoms with Gasteiger partial charge in [-0.3, -0.25) is 4.79 Å². The first kappa shape index (κ1) is 22.1. The summed E-state index contributed by atoms with van der Waals surface area (Å²) in [5, 5.41) is 38.1. The first-order chi connectivity index (χ1) is 11.0. The summed E-state index contributed by atoms with van der Waals surface area (Å²) in [7, 11) is 0. The van der Waals surface area contributed by atoms with Gasteiger partial charge in [0.15, 0.2) is 0 Å². The summed E-state index contributed by atoms with van der Waals surface area (Å²) in [5.74, 6) is -0.764. The number of carbonyl (C=O) groups is 1. The second-order valence-corrected chi connectivity index (χ2v) is 6.17. The molecule has 3 atom stereocenters. The van der Waals surface area contributed by atoms with Crippen molar-refractivity contribution in [1.29, 1.82) is 0 Å². The predicted molar refractivity (Wildman–Crippen MR) is 91.3 cm³/mol. The zero-order valence-corrected chi connectivity index (χ0v) is 14.4. The van der Waals surface area contributed by atoms with E-state index in [4.69, 9.17) is 5.11 Å². The predicted octanol–water partition coefficient (Wildman–Crippen LogP) is 3.02. The Bertz CT molecular complexity index is 317. The van der Waals surface area contributed by atoms with Crippen molar-refractivity contribution in [1.82, 2.24) is 0 Å². The van der Waals surface area contributed by atoms with Crippen LogP contribution in [0.3, 0.4) is 0 Å². The quantitative estimate of drug-likeness (QED) is 0.273. The number of hydrogen-bond acceptors (Lipinski definition) is 4. The van der Waals surface area contributed by atoms with Crippen LogP contribution in [0.4, 0.5) is 0 Å². The van der Waals surface area contributed by atoms with Crippen molar-refractivity contribution in [2.75, 3.05) is 0 Å². The number of allylic oxidation sites excluding steroid dienone is 1. The third-order valence-electron chi connectivity index (χ3n) is 3.94. The maximum absolute atomic E-state index is 10.4. The van der Waals surface area contributed by atoms with Gasteiger partial charge in [-0.25, -0.2) is 0 Å². The Kier molecular flexibility index (Phi) is 14.1. The minimum Gasteiger partial charge on any atom is -0.481 e. The number of hydrogen-bond donors (Lipinski definition) is 4. The van der Waals surface area contributed by atoms with Gasteiger partial charge in [0.1, 0.15) is 12.2 Å². The molecule has 0 aromatic carbocycles. The molecule has 0 fully saturated rings. The van der Waals surface area contributed by atoms with Crippen molar-refractivity contribution in [2.24, 2.45) is 0 Å². The SMILES string of the molecule is CCCCCC=C[C@H](O)[C@H](O)[C@H](O)CCCCCCCC(=O)O. The van der Waals surface area contributed by atoms with Crippen molar-refractivity contribution >= 4 is 5.97 Å². The summed E-state index contributed by atoms with van der Waals surface area (Å²) in [6.45, 7) is 2.13. The zero-order valence-electron chi connectivity index (χ0n) is 14.4. The van der Waals surface area contributed by atoms with Gasteiger partial charge >= 0.3 is 5.97 Å². The van der Waals surface area contributed by atoms with Crippen molar-refractivity contribution in [3.05, 3.63) is 12.2 Å². The van der Waals surface area contributed by atoms with Crippen LogP contribution in [0.2, 0.25) is 0 Å². The molecule has 0 radical (unpaired) electrons. The molecule has 0 aromatic rings. The van der Waals surface area contributed by atoms with Crippen LogP contribution >= 0.6 is 0 Å². The van der Waals surface area contributed by atoms with E-state index in [1.165, 1.54) is 0 Å². The maximum Gasteiger partial charge on any atom is 0.303 e. The second kappa shape index (κ2) is 14.7. The monoisotopic (exact) mass is 330 g/mol. The zero-order chi connectivity index (χ0) is 17.5. The summed E-state index contributed by atoms with van der Waals surface area (Å²) in [6.07, 6.45) is 9.36. The molecule has 0 saturated carbocycles. The highest BCUT2D eigenvalue weighted by Crippen LogP contribution is 2.13. The molecular weight excluding hydrogens is 296 g/mol. The van der Waals surface area contributed by atoms with E-state index < -0.39 is 24.3 Å². The summed E-state index contributed by atoms with van der Waals surface area (Å²) >= 11 is 0. The molecule has 0 unspecified atom stereocenters. The molecule has 0 heterocycles. The normalized spacial score (nSPS) is 15.7. The van der Waals surface area contributed by atoms with E-state index in [1.54, 1.807) is 6.08 Å². The van der Waals surface area contributed by atoms with Gasteiger partial charge < -0.3 is 20.4 Å². The van der Waals surface area contributed by atoms with E-state index in [0.717, 1.165) is 51.4 Å². The van der Waals surface area contributed by atoms with E-state index in [-0.39, 0.29) is 6.42 Å². The third-order valence-corrected chi connectivity index (χ3v) is 3.94. The Labute approximate surface area is 140 Å². The van der Waals surface area contributed by atoms with Crippen LogP contribution < -0.4 is 0 Å². The lowest BCUT2D eigenvalue weighted by Gasteiger charge is -2.20. The van der Waals surface area contributed by atoms with Crippen molar-refractivity contribution in [3.63, 3.8) is 0 Å². The minimum atomic E-state index is -1.15. The number of carboxylic acid groups (broad SMARTS) is 1. The van der Waals surface area contributed by atoms with Crippen LogP contribution in [0.1, 0.15) is 77.6 Å². The average Bonchev–Trinajstić information content (AvgIpc) is 2.52. The van der Waals surface area contributed by atoms with Gasteiger partial charge in [-0.05, 0) is 25.7 Å². The lowest BCUT2D eigenvalue weighted by atomic mass is 10.0. The molecule has 136 valence electrons. The average molecular weight is 330 g/mol. The Morgan fingerprint density at radius 2 is 1.61 bits per heavy atom. The fourth-order valence-electron chi connectivity index (χ4n) is 2.42. The molecule has 5 nitrogen and oxygen atoms in total. The highest BCUT2D eigenvalue weighted by molar-refractivity contribution is 5.66. The fourth-order valence-corrected chi connectivity index (χ4v) is 2.42. The number of unbranched alkanes of at least 4 members (excludes halogenated alkanes) is 7. The van der Waals surface area contributed by atoms with E-state index in [9.17, 15) is 20.1 Å². The molecule has 0 saturated heterocycles. The molecule has 0 bridgehead atoms. The Morgan fingerprint density at radius 3 is 2.26 bits per heavy atom. The van der Waals surface area contributed by atoms with Crippen LogP contribution in [-0.4, -0.2) is 44.7 Å². The lowest BCUT2D eigenvalue weighted by Crippen LogP contribution is -2.36. The van der Waals surface area contributed by atoms with Gasteiger partial charge in [0.2, 0.25) is 0 Å². The van der Waals surface area contributed by atoms with Crippen LogP contribution in [0.25, 0.3) is 0 Å². The number of aliphatic hydroxyl groups excluding tert-OH is 3. The number of rotatable bonds is 15. The summed E-state index contributed by atoms with van der Waals surface area (Å²) in [4.78, 5) is 10.4. The van der Waals surface area contributed by atoms with Gasteiger partial charge in [-0.2, -0.15) is 0 Å². The smallest absolute Gasteiger partial charge is 0.303 e. The molecule has 0 aliphatic carbocycles. The van der Waals surface area contributed by atoms with Crippen LogP contribution in [0.15, 0.2) is 12.2 Å². The molecular formula is C18H34O5. The van der Waals surface area contributed by atoms with Crippen molar-refractivity contribution in [2.45, 2.75) is 95.9 Å². The molecule has 0 aliphatic heterocycles. The first-order valence-electron chi connectivity index (χ1n) is 8.91. The highest BCUT2D eigenvalue weighted by Gasteiger charge is 2.21. The Balaban J connectivity index is 3.71. The number of carboxylic acids is 1. The van der Waals surface area contributed by atoms with Crippen LogP contribution in [-0.2, 0) is 4.79 Å². The van der Waals surface area contributed by atoms with E-state index in [2.05, 4.69) is 6.92 Å². The molecule has 0 spiro atoms. The third kappa shape index (κ3) is 13.2. The Hall–Kier alpha value is -0.910. The largest absolute Gasteiger partial charge is 0.481 e. The van der Waals surface area contributed by atoms with Crippen LogP contribution in [0, 0.1) is 0 Å². The minimum absolute atomic E-state index is 0.206. The van der Waals surface area contributed by atoms with Gasteiger partial charge in [0.05, 0.1) is 6.10 Å². The summed E-state index contributed by atoms with van der Waals surface area (Å²) in [5.41, 5.74) is 0. The molecule has 0 rings (SSSR count). The van der Waals surface area contributed by atoms with Crippen molar-refractivity contribution in [3.8, 4) is 0 Å². The van der Waals surface area contributed by atoms with Gasteiger partial charge in [-0.15, -0.1) is 0 Å². The molecule has 4 N–H and O–H groups in total. The number of aliphatic hydroxyl groups is 3. The lowest BCUT2D eigenvalue weighted by molar-refractivity contribution is -0.137. The van der Waals surface area contributed by atoms with Crippen molar-refractivity contribution < 1.29 is 25.2 Å². The van der Waals surface area contributed by atoms with E-state index in [1.807, 2.05) is 6.08 Å². The molecule has 0 aromatic heterocycles. The molecule has 23 heavy (non-hydrogen) atoms. The van der Waals surface area contributed by atoms with Gasteiger partial charge in [0.25, 0.3) is 0 Å². The second-order valence-electron chi connectivity index (χ2n) is 6.17. The van der Waals surface area contributed by atoms with E-state index >= 15 is 0 Å². The Morgan fingerprint density at radius 1 is 0.957 bits per heavy atom. The standard InChI is InChI=1S/C18H34O5/c1-2-3-4-6-9-12-15(19)18(23)16(20)13-10-7-5-8-11-14-17(21)22/h9,12,15-16,18-20,23H,2-8,10-11,13-14H2,1H3,(H,21,22)/t15-,16+,18-/m0/s1. The summed E-state index contributed by atoms with van der Waals surface area (Å²) < 4.78 is 0. The van der Waals surface area contributed by atoms with E-state index in [0.29, 0.717) is 12.8 Å². The van der Waals surface area contributed by atoms with Gasteiger partial charge in [0, 0.05) is 6.42 Å². The molecule has 0 aliphatic rings. The number of aliphatic carboxylic acids is 1.